The van der Waals surface area contributed by atoms with E-state index in [4.69, 9.17) is 0 Å². The minimum atomic E-state index is -1.40. The molecule has 2 aliphatic carbocycles. The van der Waals surface area contributed by atoms with Crippen LogP contribution < -0.4 is 0 Å². The Balaban J connectivity index is 0.000000207. The maximum absolute atomic E-state index is 14.1. The number of esters is 2. The number of hydrogen-bond donors (Lipinski definition) is 0. The molecule has 2 saturated carbocycles. The first kappa shape index (κ1) is 23.4. The van der Waals surface area contributed by atoms with Crippen LogP contribution in [0.3, 0.4) is 0 Å². The highest BCUT2D eigenvalue weighted by Gasteiger charge is 2.50. The van der Waals surface area contributed by atoms with Crippen molar-refractivity contribution in [1.29, 1.82) is 0 Å². The van der Waals surface area contributed by atoms with Crippen LogP contribution in [0.4, 0.5) is 4.39 Å². The lowest BCUT2D eigenvalue weighted by Crippen LogP contribution is -2.41. The van der Waals surface area contributed by atoms with Crippen molar-refractivity contribution in [3.8, 4) is 0 Å². The standard InChI is InChI=1S/C11H12FNO2.C11H13NO2.CH4/c1-15-10(14)8-5-11(12,6-8)9-3-2-4-13-7-9;1-14-11(13)10-5-9(6-10)8-3-2-4-12-7-8;/h2-4,7-8H,5-6H2,1H3;2-4,7,9-10H,5-6H2,1H3;1H4. The molecule has 162 valence electrons. The third-order valence-corrected chi connectivity index (χ3v) is 5.68. The summed E-state index contributed by atoms with van der Waals surface area (Å²) in [5.41, 5.74) is 0.380. The van der Waals surface area contributed by atoms with Crippen LogP contribution in [0.1, 0.15) is 50.2 Å². The van der Waals surface area contributed by atoms with Gasteiger partial charge in [0, 0.05) is 30.4 Å². The fraction of sp³-hybridized carbons (Fsp3) is 0.478. The lowest BCUT2D eigenvalue weighted by molar-refractivity contribution is -0.155. The minimum Gasteiger partial charge on any atom is -0.469 e. The summed E-state index contributed by atoms with van der Waals surface area (Å²) in [6, 6.07) is 7.38. The highest BCUT2D eigenvalue weighted by molar-refractivity contribution is 5.74. The number of methoxy groups -OCH3 is 2. The molecular formula is C23H29FN2O4. The maximum atomic E-state index is 14.1. The average Bonchev–Trinajstić information content (AvgIpc) is 2.71. The molecule has 0 N–H and O–H groups in total. The second kappa shape index (κ2) is 10.3. The Morgan fingerprint density at radius 1 is 0.967 bits per heavy atom. The highest BCUT2D eigenvalue weighted by atomic mass is 19.1. The Hall–Kier alpha value is -2.83. The van der Waals surface area contributed by atoms with E-state index in [0.717, 1.165) is 12.8 Å². The van der Waals surface area contributed by atoms with Crippen molar-refractivity contribution >= 4 is 11.9 Å². The van der Waals surface area contributed by atoms with Gasteiger partial charge in [0.05, 0.1) is 26.1 Å². The van der Waals surface area contributed by atoms with Crippen LogP contribution in [0.5, 0.6) is 0 Å². The van der Waals surface area contributed by atoms with Crippen LogP contribution in [-0.2, 0) is 24.7 Å². The summed E-state index contributed by atoms with van der Waals surface area (Å²) in [7, 11) is 2.77. The van der Waals surface area contributed by atoms with Gasteiger partial charge in [-0.15, -0.1) is 0 Å². The van der Waals surface area contributed by atoms with Crippen LogP contribution >= 0.6 is 0 Å². The zero-order chi connectivity index (χ0) is 20.9. The Labute approximate surface area is 176 Å². The van der Waals surface area contributed by atoms with Crippen molar-refractivity contribution in [3.05, 3.63) is 60.2 Å². The Morgan fingerprint density at radius 3 is 2.03 bits per heavy atom. The third-order valence-electron chi connectivity index (χ3n) is 5.68. The molecule has 7 heteroatoms. The molecular weight excluding hydrogens is 387 g/mol. The zero-order valence-electron chi connectivity index (χ0n) is 16.6. The quantitative estimate of drug-likeness (QED) is 0.695. The Kier molecular flexibility index (Phi) is 8.03. The van der Waals surface area contributed by atoms with Crippen LogP contribution in [0, 0.1) is 11.8 Å². The molecule has 0 atom stereocenters. The van der Waals surface area contributed by atoms with Crippen molar-refractivity contribution in [2.75, 3.05) is 14.2 Å². The van der Waals surface area contributed by atoms with E-state index in [1.165, 1.54) is 26.0 Å². The molecule has 0 bridgehead atoms. The summed E-state index contributed by atoms with van der Waals surface area (Å²) in [5.74, 6) is -0.115. The third kappa shape index (κ3) is 5.20. The SMILES string of the molecule is C.COC(=O)C1CC(F)(c2cccnc2)C1.COC(=O)C1CC(c2cccnc2)C1. The predicted molar refractivity (Wildman–Crippen MR) is 110 cm³/mol. The number of pyridine rings is 2. The molecule has 0 unspecified atom stereocenters. The fourth-order valence-corrected chi connectivity index (χ4v) is 3.78. The van der Waals surface area contributed by atoms with Gasteiger partial charge in [-0.1, -0.05) is 19.6 Å². The molecule has 4 rings (SSSR count). The lowest BCUT2D eigenvalue weighted by atomic mass is 9.69. The number of hydrogen-bond acceptors (Lipinski definition) is 6. The van der Waals surface area contributed by atoms with Crippen LogP contribution in [0.2, 0.25) is 0 Å². The molecule has 2 aromatic heterocycles. The number of carbonyl (C=O) groups excluding carboxylic acids is 2. The summed E-state index contributed by atoms with van der Waals surface area (Å²) in [5, 5.41) is 0. The summed E-state index contributed by atoms with van der Waals surface area (Å²) in [6.07, 6.45) is 8.95. The molecule has 30 heavy (non-hydrogen) atoms. The Bertz CT molecular complexity index is 820. The molecule has 0 aromatic carbocycles. The van der Waals surface area contributed by atoms with E-state index < -0.39 is 5.67 Å². The number of ether oxygens (including phenoxy) is 2. The van der Waals surface area contributed by atoms with E-state index in [1.54, 1.807) is 24.5 Å². The summed E-state index contributed by atoms with van der Waals surface area (Å²) < 4.78 is 23.4. The predicted octanol–water partition coefficient (Wildman–Crippen LogP) is 4.21. The molecule has 0 spiro atoms. The van der Waals surface area contributed by atoms with E-state index in [1.807, 2.05) is 12.3 Å². The molecule has 0 saturated heterocycles. The minimum absolute atomic E-state index is 0. The van der Waals surface area contributed by atoms with Crippen molar-refractivity contribution in [2.45, 2.75) is 44.7 Å². The van der Waals surface area contributed by atoms with Crippen molar-refractivity contribution < 1.29 is 23.5 Å². The van der Waals surface area contributed by atoms with E-state index >= 15 is 0 Å². The van der Waals surface area contributed by atoms with Gasteiger partial charge in [0.15, 0.2) is 0 Å². The van der Waals surface area contributed by atoms with Gasteiger partial charge in [-0.2, -0.15) is 0 Å². The van der Waals surface area contributed by atoms with Crippen LogP contribution in [-0.4, -0.2) is 36.1 Å². The normalized spacial score (nSPS) is 26.4. The first-order valence-corrected chi connectivity index (χ1v) is 9.62. The summed E-state index contributed by atoms with van der Waals surface area (Å²) in [6.45, 7) is 0. The second-order valence-electron chi connectivity index (χ2n) is 7.51. The van der Waals surface area contributed by atoms with Gasteiger partial charge in [-0.25, -0.2) is 4.39 Å². The van der Waals surface area contributed by atoms with Gasteiger partial charge in [-0.05, 0) is 49.3 Å². The largest absolute Gasteiger partial charge is 0.469 e. The van der Waals surface area contributed by atoms with Crippen molar-refractivity contribution in [2.24, 2.45) is 11.8 Å². The first-order valence-electron chi connectivity index (χ1n) is 9.62. The van der Waals surface area contributed by atoms with Gasteiger partial charge in [-0.3, -0.25) is 19.6 Å². The molecule has 0 aliphatic heterocycles. The molecule has 2 heterocycles. The smallest absolute Gasteiger partial charge is 0.308 e. The van der Waals surface area contributed by atoms with Gasteiger partial charge in [0.2, 0.25) is 0 Å². The summed E-state index contributed by atoms with van der Waals surface area (Å²) in [4.78, 5) is 30.2. The van der Waals surface area contributed by atoms with Crippen molar-refractivity contribution in [3.63, 3.8) is 0 Å². The highest BCUT2D eigenvalue weighted by Crippen LogP contribution is 2.49. The van der Waals surface area contributed by atoms with E-state index in [9.17, 15) is 14.0 Å². The topological polar surface area (TPSA) is 78.4 Å². The van der Waals surface area contributed by atoms with Crippen LogP contribution in [0.25, 0.3) is 0 Å². The van der Waals surface area contributed by atoms with Gasteiger partial charge in [0.1, 0.15) is 5.67 Å². The molecule has 0 amide bonds. The average molecular weight is 416 g/mol. The van der Waals surface area contributed by atoms with Crippen molar-refractivity contribution in [1.82, 2.24) is 9.97 Å². The maximum Gasteiger partial charge on any atom is 0.308 e. The zero-order valence-corrected chi connectivity index (χ0v) is 16.6. The number of alkyl halides is 1. The number of nitrogens with zero attached hydrogens (tertiary/aromatic N) is 2. The molecule has 2 aliphatic rings. The number of aromatic nitrogens is 2. The fourth-order valence-electron chi connectivity index (χ4n) is 3.78. The number of carbonyl (C=O) groups is 2. The number of halogens is 1. The van der Waals surface area contributed by atoms with Crippen LogP contribution in [0.15, 0.2) is 49.1 Å². The first-order chi connectivity index (χ1) is 14.0. The molecule has 6 nitrogen and oxygen atoms in total. The number of rotatable bonds is 4. The molecule has 2 aromatic rings. The Morgan fingerprint density at radius 2 is 1.53 bits per heavy atom. The van der Waals surface area contributed by atoms with E-state index in [-0.39, 0.29) is 44.0 Å². The lowest BCUT2D eigenvalue weighted by Gasteiger charge is -2.39. The van der Waals surface area contributed by atoms with Gasteiger partial charge < -0.3 is 9.47 Å². The van der Waals surface area contributed by atoms with Gasteiger partial charge in [0.25, 0.3) is 0 Å². The summed E-state index contributed by atoms with van der Waals surface area (Å²) >= 11 is 0. The monoisotopic (exact) mass is 416 g/mol. The van der Waals surface area contributed by atoms with Gasteiger partial charge >= 0.3 is 11.9 Å². The second-order valence-corrected chi connectivity index (χ2v) is 7.51. The van der Waals surface area contributed by atoms with E-state index in [2.05, 4.69) is 25.5 Å². The van der Waals surface area contributed by atoms with E-state index in [0.29, 0.717) is 11.5 Å². The molecule has 2 fully saturated rings. The molecule has 0 radical (unpaired) electrons.